The molecule has 0 aliphatic heterocycles. The van der Waals surface area contributed by atoms with Gasteiger partial charge in [-0.05, 0) is 13.3 Å². The third-order valence-electron chi connectivity index (χ3n) is 1.14. The van der Waals surface area contributed by atoms with Gasteiger partial charge in [-0.15, -0.1) is 0 Å². The van der Waals surface area contributed by atoms with E-state index in [0.717, 1.165) is 6.42 Å². The molecule has 0 saturated heterocycles. The van der Waals surface area contributed by atoms with Crippen molar-refractivity contribution < 1.29 is 9.53 Å². The van der Waals surface area contributed by atoms with Crippen LogP contribution in [0.1, 0.15) is 26.7 Å². The second-order valence-corrected chi connectivity index (χ2v) is 3.31. The average Bonchev–Trinajstić information content (AvgIpc) is 1.88. The highest BCUT2D eigenvalue weighted by atomic mass is 79.9. The smallest absolute Gasteiger partial charge is 0.306 e. The van der Waals surface area contributed by atoms with Crippen molar-refractivity contribution in [2.75, 3.05) is 6.61 Å². The molecule has 0 saturated carbocycles. The van der Waals surface area contributed by atoms with Crippen LogP contribution in [0, 0.1) is 0 Å². The Morgan fingerprint density at radius 1 is 1.60 bits per heavy atom. The molecular formula is C7H13BrO2. The summed E-state index contributed by atoms with van der Waals surface area (Å²) in [7, 11) is 0. The first-order chi connectivity index (χ1) is 4.70. The van der Waals surface area contributed by atoms with Crippen LogP contribution in [-0.4, -0.2) is 17.4 Å². The van der Waals surface area contributed by atoms with Crippen LogP contribution < -0.4 is 0 Å². The molecule has 0 aromatic heterocycles. The summed E-state index contributed by atoms with van der Waals surface area (Å²) in [5.41, 5.74) is 0. The number of rotatable bonds is 4. The van der Waals surface area contributed by atoms with Crippen molar-refractivity contribution in [3.63, 3.8) is 0 Å². The third-order valence-corrected chi connectivity index (χ3v) is 2.11. The van der Waals surface area contributed by atoms with Crippen molar-refractivity contribution in [3.05, 3.63) is 0 Å². The molecule has 2 nitrogen and oxygen atoms in total. The summed E-state index contributed by atoms with van der Waals surface area (Å²) in [6, 6.07) is 0. The molecule has 0 aromatic carbocycles. The van der Waals surface area contributed by atoms with Crippen molar-refractivity contribution in [1.29, 1.82) is 0 Å². The van der Waals surface area contributed by atoms with Gasteiger partial charge < -0.3 is 4.74 Å². The molecule has 10 heavy (non-hydrogen) atoms. The van der Waals surface area contributed by atoms with Gasteiger partial charge in [0.05, 0.1) is 13.0 Å². The number of alkyl halides is 1. The normalized spacial score (nSPS) is 12.7. The Bertz CT molecular complexity index is 104. The lowest BCUT2D eigenvalue weighted by atomic mass is 10.2. The zero-order chi connectivity index (χ0) is 7.98. The maximum Gasteiger partial charge on any atom is 0.306 e. The summed E-state index contributed by atoms with van der Waals surface area (Å²) >= 11 is 3.35. The largest absolute Gasteiger partial charge is 0.466 e. The number of halogens is 1. The Kier molecular flexibility index (Phi) is 5.69. The van der Waals surface area contributed by atoms with E-state index in [1.165, 1.54) is 0 Å². The molecule has 1 unspecified atom stereocenters. The third kappa shape index (κ3) is 4.79. The van der Waals surface area contributed by atoms with Crippen molar-refractivity contribution in [1.82, 2.24) is 0 Å². The molecule has 0 N–H and O–H groups in total. The highest BCUT2D eigenvalue weighted by Crippen LogP contribution is 2.09. The van der Waals surface area contributed by atoms with Gasteiger partial charge in [0.2, 0.25) is 0 Å². The van der Waals surface area contributed by atoms with Gasteiger partial charge in [-0.1, -0.05) is 22.9 Å². The van der Waals surface area contributed by atoms with E-state index in [1.807, 2.05) is 13.8 Å². The fourth-order valence-electron chi connectivity index (χ4n) is 0.545. The molecule has 0 bridgehead atoms. The SMILES string of the molecule is CCOC(=O)CC(Br)CC. The molecule has 0 fully saturated rings. The number of carbonyl (C=O) groups excluding carboxylic acids is 1. The van der Waals surface area contributed by atoms with Gasteiger partial charge in [-0.2, -0.15) is 0 Å². The predicted octanol–water partition coefficient (Wildman–Crippen LogP) is 2.11. The molecule has 0 spiro atoms. The highest BCUT2D eigenvalue weighted by molar-refractivity contribution is 9.09. The van der Waals surface area contributed by atoms with Crippen LogP contribution in [0.5, 0.6) is 0 Å². The van der Waals surface area contributed by atoms with E-state index in [1.54, 1.807) is 0 Å². The van der Waals surface area contributed by atoms with Crippen molar-refractivity contribution >= 4 is 21.9 Å². The number of esters is 1. The molecular weight excluding hydrogens is 196 g/mol. The molecule has 0 heterocycles. The van der Waals surface area contributed by atoms with Crippen LogP contribution in [0.25, 0.3) is 0 Å². The number of hydrogen-bond donors (Lipinski definition) is 0. The number of carbonyl (C=O) groups is 1. The Labute approximate surface area is 70.1 Å². The lowest BCUT2D eigenvalue weighted by Gasteiger charge is -2.04. The van der Waals surface area contributed by atoms with Crippen LogP contribution in [0.15, 0.2) is 0 Å². The fourth-order valence-corrected chi connectivity index (χ4v) is 0.809. The van der Waals surface area contributed by atoms with Crippen molar-refractivity contribution in [2.45, 2.75) is 31.5 Å². The van der Waals surface area contributed by atoms with Crippen molar-refractivity contribution in [2.24, 2.45) is 0 Å². The highest BCUT2D eigenvalue weighted by Gasteiger charge is 2.07. The summed E-state index contributed by atoms with van der Waals surface area (Å²) in [6.07, 6.45) is 1.43. The predicted molar refractivity (Wildman–Crippen MR) is 44.3 cm³/mol. The summed E-state index contributed by atoms with van der Waals surface area (Å²) in [5.74, 6) is -0.119. The molecule has 0 radical (unpaired) electrons. The second-order valence-electron chi connectivity index (χ2n) is 2.01. The average molecular weight is 209 g/mol. The topological polar surface area (TPSA) is 26.3 Å². The van der Waals surface area contributed by atoms with E-state index in [4.69, 9.17) is 4.74 Å². The maximum atomic E-state index is 10.8. The monoisotopic (exact) mass is 208 g/mol. The van der Waals surface area contributed by atoms with Crippen LogP contribution >= 0.6 is 15.9 Å². The van der Waals surface area contributed by atoms with Crippen LogP contribution in [0.2, 0.25) is 0 Å². The van der Waals surface area contributed by atoms with Gasteiger partial charge in [0.25, 0.3) is 0 Å². The summed E-state index contributed by atoms with van der Waals surface area (Å²) in [6.45, 7) is 4.31. The van der Waals surface area contributed by atoms with Crippen molar-refractivity contribution in [3.8, 4) is 0 Å². The Morgan fingerprint density at radius 2 is 2.20 bits per heavy atom. The van der Waals surface area contributed by atoms with Gasteiger partial charge in [0.1, 0.15) is 0 Å². The summed E-state index contributed by atoms with van der Waals surface area (Å²) < 4.78 is 4.75. The van der Waals surface area contributed by atoms with Crippen LogP contribution in [0.4, 0.5) is 0 Å². The van der Waals surface area contributed by atoms with Crippen LogP contribution in [-0.2, 0) is 9.53 Å². The Hall–Kier alpha value is -0.0500. The minimum absolute atomic E-state index is 0.119. The van der Waals surface area contributed by atoms with E-state index in [0.29, 0.717) is 13.0 Å². The lowest BCUT2D eigenvalue weighted by Crippen LogP contribution is -2.09. The van der Waals surface area contributed by atoms with E-state index in [9.17, 15) is 4.79 Å². The van der Waals surface area contributed by atoms with E-state index < -0.39 is 0 Å². The number of hydrogen-bond acceptors (Lipinski definition) is 2. The zero-order valence-electron chi connectivity index (χ0n) is 6.39. The van der Waals surface area contributed by atoms with Gasteiger partial charge >= 0.3 is 5.97 Å². The standard InChI is InChI=1S/C7H13BrO2/c1-3-6(8)5-7(9)10-4-2/h6H,3-5H2,1-2H3. The summed E-state index contributed by atoms with van der Waals surface area (Å²) in [4.78, 5) is 11.0. The minimum Gasteiger partial charge on any atom is -0.466 e. The molecule has 1 atom stereocenters. The van der Waals surface area contributed by atoms with E-state index in [-0.39, 0.29) is 10.8 Å². The second kappa shape index (κ2) is 5.71. The molecule has 0 aliphatic carbocycles. The Balaban J connectivity index is 3.37. The molecule has 0 aromatic rings. The molecule has 60 valence electrons. The first-order valence-corrected chi connectivity index (χ1v) is 4.42. The first-order valence-electron chi connectivity index (χ1n) is 3.50. The fraction of sp³-hybridized carbons (Fsp3) is 0.857. The maximum absolute atomic E-state index is 10.8. The minimum atomic E-state index is -0.119. The van der Waals surface area contributed by atoms with Gasteiger partial charge in [-0.25, -0.2) is 0 Å². The van der Waals surface area contributed by atoms with E-state index in [2.05, 4.69) is 15.9 Å². The molecule has 3 heteroatoms. The van der Waals surface area contributed by atoms with Gasteiger partial charge in [0, 0.05) is 4.83 Å². The number of ether oxygens (including phenoxy) is 1. The molecule has 0 rings (SSSR count). The van der Waals surface area contributed by atoms with Crippen LogP contribution in [0.3, 0.4) is 0 Å². The summed E-state index contributed by atoms with van der Waals surface area (Å²) in [5, 5.41) is 0. The van der Waals surface area contributed by atoms with Gasteiger partial charge in [-0.3, -0.25) is 4.79 Å². The van der Waals surface area contributed by atoms with E-state index >= 15 is 0 Å². The first kappa shape index (κ1) is 9.95. The molecule has 0 aliphatic rings. The lowest BCUT2D eigenvalue weighted by molar-refractivity contribution is -0.143. The van der Waals surface area contributed by atoms with Gasteiger partial charge in [0.15, 0.2) is 0 Å². The zero-order valence-corrected chi connectivity index (χ0v) is 7.98. The quantitative estimate of drug-likeness (QED) is 0.523. The Morgan fingerprint density at radius 3 is 2.60 bits per heavy atom. The molecule has 0 amide bonds.